The van der Waals surface area contributed by atoms with Crippen LogP contribution in [-0.2, 0) is 13.1 Å². The lowest BCUT2D eigenvalue weighted by Crippen LogP contribution is -2.36. The fourth-order valence-corrected chi connectivity index (χ4v) is 2.27. The lowest BCUT2D eigenvalue weighted by Gasteiger charge is -2.12. The van der Waals surface area contributed by atoms with Crippen molar-refractivity contribution in [2.24, 2.45) is 4.99 Å². The Morgan fingerprint density at radius 1 is 1.00 bits per heavy atom. The van der Waals surface area contributed by atoms with Crippen molar-refractivity contribution in [2.75, 3.05) is 7.05 Å². The van der Waals surface area contributed by atoms with E-state index in [1.54, 1.807) is 19.4 Å². The number of nitrogens with zero attached hydrogens (tertiary/aromatic N) is 4. The largest absolute Gasteiger partial charge is 0.352 e. The van der Waals surface area contributed by atoms with Crippen LogP contribution in [0.4, 0.5) is 0 Å². The van der Waals surface area contributed by atoms with Gasteiger partial charge < -0.3 is 10.6 Å². The molecular formula is C18H20N6. The number of hydrogen-bond acceptors (Lipinski definition) is 3. The zero-order valence-corrected chi connectivity index (χ0v) is 13.6. The van der Waals surface area contributed by atoms with Gasteiger partial charge in [0.05, 0.1) is 17.9 Å². The van der Waals surface area contributed by atoms with Gasteiger partial charge in [-0.1, -0.05) is 18.2 Å². The molecule has 122 valence electrons. The summed E-state index contributed by atoms with van der Waals surface area (Å²) < 4.78 is 1.84. The van der Waals surface area contributed by atoms with Gasteiger partial charge in [0.15, 0.2) is 5.96 Å². The van der Waals surface area contributed by atoms with E-state index in [4.69, 9.17) is 0 Å². The first-order valence-electron chi connectivity index (χ1n) is 7.78. The SMILES string of the molecule is CN=C(NCc1ccc(-n2cccn2)cc1)NCc1ccccn1. The lowest BCUT2D eigenvalue weighted by atomic mass is 10.2. The molecule has 3 aromatic rings. The number of pyridine rings is 1. The average Bonchev–Trinajstić information content (AvgIpc) is 3.18. The van der Waals surface area contributed by atoms with Crippen molar-refractivity contribution in [3.63, 3.8) is 0 Å². The van der Waals surface area contributed by atoms with Crippen molar-refractivity contribution >= 4 is 5.96 Å². The van der Waals surface area contributed by atoms with Crippen LogP contribution in [0.15, 0.2) is 72.1 Å². The normalized spacial score (nSPS) is 11.3. The summed E-state index contributed by atoms with van der Waals surface area (Å²) in [6.45, 7) is 1.33. The molecule has 3 rings (SSSR count). The fraction of sp³-hybridized carbons (Fsp3) is 0.167. The molecule has 0 atom stereocenters. The fourth-order valence-electron chi connectivity index (χ4n) is 2.27. The van der Waals surface area contributed by atoms with Gasteiger partial charge in [-0.25, -0.2) is 4.68 Å². The van der Waals surface area contributed by atoms with Gasteiger partial charge in [0.25, 0.3) is 0 Å². The Balaban J connectivity index is 1.52. The summed E-state index contributed by atoms with van der Waals surface area (Å²) in [7, 11) is 1.76. The molecule has 2 N–H and O–H groups in total. The maximum Gasteiger partial charge on any atom is 0.191 e. The number of aliphatic imine (C=N–C) groups is 1. The van der Waals surface area contributed by atoms with Gasteiger partial charge in [-0.05, 0) is 35.9 Å². The summed E-state index contributed by atoms with van der Waals surface area (Å²) in [5, 5.41) is 10.8. The smallest absolute Gasteiger partial charge is 0.191 e. The molecule has 2 heterocycles. The first-order valence-corrected chi connectivity index (χ1v) is 7.78. The Kier molecular flexibility index (Phi) is 5.19. The minimum atomic E-state index is 0.638. The zero-order chi connectivity index (χ0) is 16.6. The van der Waals surface area contributed by atoms with Crippen LogP contribution in [0.2, 0.25) is 0 Å². The third kappa shape index (κ3) is 4.19. The second-order valence-electron chi connectivity index (χ2n) is 5.22. The van der Waals surface area contributed by atoms with Gasteiger partial charge in [-0.2, -0.15) is 5.10 Å². The molecule has 0 unspecified atom stereocenters. The monoisotopic (exact) mass is 320 g/mol. The van der Waals surface area contributed by atoms with Gasteiger partial charge in [0.2, 0.25) is 0 Å². The van der Waals surface area contributed by atoms with Crippen LogP contribution in [0, 0.1) is 0 Å². The third-order valence-corrected chi connectivity index (χ3v) is 3.55. The zero-order valence-electron chi connectivity index (χ0n) is 13.6. The molecule has 0 amide bonds. The van der Waals surface area contributed by atoms with Crippen molar-refractivity contribution in [3.05, 3.63) is 78.4 Å². The topological polar surface area (TPSA) is 67.1 Å². The summed E-state index contributed by atoms with van der Waals surface area (Å²) >= 11 is 0. The van der Waals surface area contributed by atoms with Crippen LogP contribution < -0.4 is 10.6 Å². The predicted molar refractivity (Wildman–Crippen MR) is 94.8 cm³/mol. The maximum atomic E-state index is 4.28. The molecule has 2 aromatic heterocycles. The van der Waals surface area contributed by atoms with Gasteiger partial charge in [-0.3, -0.25) is 9.98 Å². The summed E-state index contributed by atoms with van der Waals surface area (Å²) in [4.78, 5) is 8.51. The van der Waals surface area contributed by atoms with E-state index in [0.717, 1.165) is 17.3 Å². The minimum Gasteiger partial charge on any atom is -0.352 e. The Hall–Kier alpha value is -3.15. The standard InChI is InChI=1S/C18H20N6/c1-19-18(22-14-16-5-2-3-10-20-16)21-13-15-6-8-17(9-7-15)24-12-4-11-23-24/h2-12H,13-14H2,1H3,(H2,19,21,22). The quantitative estimate of drug-likeness (QED) is 0.558. The van der Waals surface area contributed by atoms with E-state index >= 15 is 0 Å². The number of nitrogens with one attached hydrogen (secondary N) is 2. The van der Waals surface area contributed by atoms with E-state index in [9.17, 15) is 0 Å². The van der Waals surface area contributed by atoms with E-state index < -0.39 is 0 Å². The molecule has 6 nitrogen and oxygen atoms in total. The number of guanidine groups is 1. The Bertz CT molecular complexity index is 763. The summed E-state index contributed by atoms with van der Waals surface area (Å²) in [6, 6.07) is 16.0. The summed E-state index contributed by atoms with van der Waals surface area (Å²) in [5.41, 5.74) is 3.19. The van der Waals surface area contributed by atoms with Crippen LogP contribution in [0.1, 0.15) is 11.3 Å². The van der Waals surface area contributed by atoms with E-state index in [1.165, 1.54) is 5.56 Å². The highest BCUT2D eigenvalue weighted by atomic mass is 15.3. The van der Waals surface area contributed by atoms with Crippen molar-refractivity contribution in [2.45, 2.75) is 13.1 Å². The molecule has 0 spiro atoms. The first kappa shape index (κ1) is 15.7. The minimum absolute atomic E-state index is 0.638. The number of rotatable bonds is 5. The van der Waals surface area contributed by atoms with Crippen molar-refractivity contribution in [3.8, 4) is 5.69 Å². The van der Waals surface area contributed by atoms with Crippen LogP contribution in [0.5, 0.6) is 0 Å². The molecule has 24 heavy (non-hydrogen) atoms. The van der Waals surface area contributed by atoms with Gasteiger partial charge in [0, 0.05) is 32.2 Å². The molecule has 0 bridgehead atoms. The number of aromatic nitrogens is 3. The molecule has 1 aromatic carbocycles. The molecule has 0 aliphatic carbocycles. The number of benzene rings is 1. The summed E-state index contributed by atoms with van der Waals surface area (Å²) in [5.74, 6) is 0.747. The summed E-state index contributed by atoms with van der Waals surface area (Å²) in [6.07, 6.45) is 5.48. The van der Waals surface area contributed by atoms with Crippen molar-refractivity contribution < 1.29 is 0 Å². The molecule has 0 saturated carbocycles. The van der Waals surface area contributed by atoms with E-state index in [1.807, 2.05) is 47.3 Å². The molecule has 0 fully saturated rings. The Morgan fingerprint density at radius 3 is 2.50 bits per heavy atom. The molecule has 6 heteroatoms. The lowest BCUT2D eigenvalue weighted by molar-refractivity contribution is 0.793. The number of hydrogen-bond donors (Lipinski definition) is 2. The molecule has 0 aliphatic heterocycles. The molecule has 0 radical (unpaired) electrons. The molecule has 0 saturated heterocycles. The van der Waals surface area contributed by atoms with E-state index in [-0.39, 0.29) is 0 Å². The average molecular weight is 320 g/mol. The Labute approximate surface area is 141 Å². The highest BCUT2D eigenvalue weighted by Gasteiger charge is 2.01. The second kappa shape index (κ2) is 7.92. The van der Waals surface area contributed by atoms with E-state index in [0.29, 0.717) is 13.1 Å². The van der Waals surface area contributed by atoms with Crippen molar-refractivity contribution in [1.29, 1.82) is 0 Å². The van der Waals surface area contributed by atoms with Crippen LogP contribution in [0.3, 0.4) is 0 Å². The van der Waals surface area contributed by atoms with E-state index in [2.05, 4.69) is 37.8 Å². The van der Waals surface area contributed by atoms with Gasteiger partial charge >= 0.3 is 0 Å². The van der Waals surface area contributed by atoms with Crippen LogP contribution >= 0.6 is 0 Å². The van der Waals surface area contributed by atoms with Gasteiger partial charge in [-0.15, -0.1) is 0 Å². The second-order valence-corrected chi connectivity index (χ2v) is 5.22. The first-order chi connectivity index (χ1) is 11.8. The Morgan fingerprint density at radius 2 is 1.83 bits per heavy atom. The predicted octanol–water partition coefficient (Wildman–Crippen LogP) is 2.13. The van der Waals surface area contributed by atoms with Crippen LogP contribution in [-0.4, -0.2) is 27.8 Å². The van der Waals surface area contributed by atoms with Crippen molar-refractivity contribution in [1.82, 2.24) is 25.4 Å². The van der Waals surface area contributed by atoms with Gasteiger partial charge in [0.1, 0.15) is 0 Å². The third-order valence-electron chi connectivity index (χ3n) is 3.55. The highest BCUT2D eigenvalue weighted by Crippen LogP contribution is 2.08. The molecule has 0 aliphatic rings. The maximum absolute atomic E-state index is 4.28. The highest BCUT2D eigenvalue weighted by molar-refractivity contribution is 5.79. The van der Waals surface area contributed by atoms with Crippen LogP contribution in [0.25, 0.3) is 5.69 Å². The molecular weight excluding hydrogens is 300 g/mol.